The van der Waals surface area contributed by atoms with E-state index in [0.717, 1.165) is 24.6 Å². The van der Waals surface area contributed by atoms with E-state index in [0.29, 0.717) is 12.5 Å². The molecule has 0 aromatic carbocycles. The number of nitriles is 1. The second-order valence-electron chi connectivity index (χ2n) is 4.22. The molecular formula is C12H17N5. The van der Waals surface area contributed by atoms with E-state index in [1.807, 2.05) is 13.1 Å². The number of rotatable bonds is 3. The highest BCUT2D eigenvalue weighted by Crippen LogP contribution is 2.25. The van der Waals surface area contributed by atoms with Gasteiger partial charge in [0.1, 0.15) is 18.0 Å². The Morgan fingerprint density at radius 3 is 3.18 bits per heavy atom. The van der Waals surface area contributed by atoms with Crippen LogP contribution in [0.2, 0.25) is 0 Å². The van der Waals surface area contributed by atoms with Crippen LogP contribution in [0.5, 0.6) is 0 Å². The molecule has 1 aromatic heterocycles. The molecule has 1 unspecified atom stereocenters. The van der Waals surface area contributed by atoms with Crippen molar-refractivity contribution in [2.45, 2.75) is 31.7 Å². The van der Waals surface area contributed by atoms with Gasteiger partial charge < -0.3 is 10.2 Å². The summed E-state index contributed by atoms with van der Waals surface area (Å²) in [5.74, 6) is 1.74. The highest BCUT2D eigenvalue weighted by atomic mass is 15.2. The predicted molar refractivity (Wildman–Crippen MR) is 66.8 cm³/mol. The van der Waals surface area contributed by atoms with Gasteiger partial charge in [0.05, 0.1) is 12.5 Å². The SMILES string of the molecule is CNc1cc(N2CCCCC2CC#N)ncn1. The number of hydrogen-bond donors (Lipinski definition) is 1. The van der Waals surface area contributed by atoms with E-state index in [2.05, 4.69) is 26.3 Å². The topological polar surface area (TPSA) is 64.8 Å². The lowest BCUT2D eigenvalue weighted by Crippen LogP contribution is -2.39. The van der Waals surface area contributed by atoms with Gasteiger partial charge in [-0.05, 0) is 19.3 Å². The highest BCUT2D eigenvalue weighted by Gasteiger charge is 2.23. The van der Waals surface area contributed by atoms with E-state index < -0.39 is 0 Å². The van der Waals surface area contributed by atoms with Crippen LogP contribution in [0.15, 0.2) is 12.4 Å². The first kappa shape index (κ1) is 11.6. The second-order valence-corrected chi connectivity index (χ2v) is 4.22. The van der Waals surface area contributed by atoms with Crippen LogP contribution in [0.1, 0.15) is 25.7 Å². The zero-order valence-corrected chi connectivity index (χ0v) is 10.1. The minimum atomic E-state index is 0.299. The molecule has 0 amide bonds. The summed E-state index contributed by atoms with van der Waals surface area (Å²) in [6.07, 6.45) is 5.58. The fraction of sp³-hybridized carbons (Fsp3) is 0.583. The first-order chi connectivity index (χ1) is 8.35. The van der Waals surface area contributed by atoms with Crippen molar-refractivity contribution in [2.75, 3.05) is 23.8 Å². The molecule has 1 aromatic rings. The van der Waals surface area contributed by atoms with Gasteiger partial charge in [-0.3, -0.25) is 0 Å². The van der Waals surface area contributed by atoms with Crippen molar-refractivity contribution >= 4 is 11.6 Å². The summed E-state index contributed by atoms with van der Waals surface area (Å²) in [4.78, 5) is 10.7. The van der Waals surface area contributed by atoms with Gasteiger partial charge in [-0.15, -0.1) is 0 Å². The fourth-order valence-electron chi connectivity index (χ4n) is 2.26. The minimum Gasteiger partial charge on any atom is -0.373 e. The molecule has 5 heteroatoms. The third kappa shape index (κ3) is 2.64. The third-order valence-electron chi connectivity index (χ3n) is 3.16. The van der Waals surface area contributed by atoms with E-state index in [9.17, 15) is 0 Å². The van der Waals surface area contributed by atoms with Gasteiger partial charge in [-0.2, -0.15) is 5.26 Å². The molecule has 5 nitrogen and oxygen atoms in total. The summed E-state index contributed by atoms with van der Waals surface area (Å²) >= 11 is 0. The molecule has 17 heavy (non-hydrogen) atoms. The minimum absolute atomic E-state index is 0.299. The zero-order chi connectivity index (χ0) is 12.1. The van der Waals surface area contributed by atoms with Gasteiger partial charge in [0.15, 0.2) is 0 Å². The van der Waals surface area contributed by atoms with E-state index >= 15 is 0 Å². The molecule has 0 saturated carbocycles. The van der Waals surface area contributed by atoms with E-state index in [4.69, 9.17) is 5.26 Å². The predicted octanol–water partition coefficient (Wildman–Crippen LogP) is 1.79. The van der Waals surface area contributed by atoms with Crippen LogP contribution in [0.25, 0.3) is 0 Å². The zero-order valence-electron chi connectivity index (χ0n) is 10.1. The first-order valence-corrected chi connectivity index (χ1v) is 5.98. The smallest absolute Gasteiger partial charge is 0.134 e. The normalized spacial score (nSPS) is 19.8. The van der Waals surface area contributed by atoms with Crippen molar-refractivity contribution in [1.29, 1.82) is 5.26 Å². The average Bonchev–Trinajstić information content (AvgIpc) is 2.40. The molecule has 1 fully saturated rings. The van der Waals surface area contributed by atoms with Crippen molar-refractivity contribution in [3.8, 4) is 6.07 Å². The standard InChI is InChI=1S/C12H17N5/c1-14-11-8-12(16-9-15-11)17-7-3-2-4-10(17)5-6-13/h8-10H,2-5,7H2,1H3,(H,14,15,16). The number of anilines is 2. The van der Waals surface area contributed by atoms with Crippen LogP contribution in [0, 0.1) is 11.3 Å². The molecule has 0 spiro atoms. The average molecular weight is 231 g/mol. The third-order valence-corrected chi connectivity index (χ3v) is 3.16. The molecule has 1 aliphatic rings. The van der Waals surface area contributed by atoms with Crippen LogP contribution >= 0.6 is 0 Å². The summed E-state index contributed by atoms with van der Waals surface area (Å²) in [6.45, 7) is 0.979. The Kier molecular flexibility index (Phi) is 3.76. The van der Waals surface area contributed by atoms with Crippen molar-refractivity contribution in [2.24, 2.45) is 0 Å². The van der Waals surface area contributed by atoms with E-state index in [1.165, 1.54) is 12.8 Å². The number of piperidine rings is 1. The maximum atomic E-state index is 8.86. The lowest BCUT2D eigenvalue weighted by molar-refractivity contribution is 0.461. The number of hydrogen-bond acceptors (Lipinski definition) is 5. The first-order valence-electron chi connectivity index (χ1n) is 5.98. The molecule has 0 bridgehead atoms. The Morgan fingerprint density at radius 1 is 1.53 bits per heavy atom. The Morgan fingerprint density at radius 2 is 2.41 bits per heavy atom. The molecule has 0 aliphatic carbocycles. The summed E-state index contributed by atoms with van der Waals surface area (Å²) in [6, 6.07) is 4.50. The maximum absolute atomic E-state index is 8.86. The summed E-state index contributed by atoms with van der Waals surface area (Å²) in [5, 5.41) is 11.9. The molecule has 1 aliphatic heterocycles. The highest BCUT2D eigenvalue weighted by molar-refractivity contribution is 5.49. The van der Waals surface area contributed by atoms with Crippen molar-refractivity contribution in [3.05, 3.63) is 12.4 Å². The molecule has 2 heterocycles. The molecule has 2 rings (SSSR count). The van der Waals surface area contributed by atoms with Crippen molar-refractivity contribution < 1.29 is 0 Å². The molecule has 1 atom stereocenters. The molecule has 1 saturated heterocycles. The molecule has 90 valence electrons. The lowest BCUT2D eigenvalue weighted by Gasteiger charge is -2.35. The summed E-state index contributed by atoms with van der Waals surface area (Å²) in [5.41, 5.74) is 0. The Labute approximate surface area is 101 Å². The number of nitrogens with zero attached hydrogens (tertiary/aromatic N) is 4. The van der Waals surface area contributed by atoms with Gasteiger partial charge in [-0.25, -0.2) is 9.97 Å². The largest absolute Gasteiger partial charge is 0.373 e. The van der Waals surface area contributed by atoms with Gasteiger partial charge in [0.2, 0.25) is 0 Å². The maximum Gasteiger partial charge on any atom is 0.134 e. The van der Waals surface area contributed by atoms with Gasteiger partial charge in [0.25, 0.3) is 0 Å². The summed E-state index contributed by atoms with van der Waals surface area (Å²) < 4.78 is 0. The van der Waals surface area contributed by atoms with E-state index in [-0.39, 0.29) is 0 Å². The molecular weight excluding hydrogens is 214 g/mol. The van der Waals surface area contributed by atoms with Crippen molar-refractivity contribution in [3.63, 3.8) is 0 Å². The van der Waals surface area contributed by atoms with Crippen molar-refractivity contribution in [1.82, 2.24) is 9.97 Å². The van der Waals surface area contributed by atoms with Crippen LogP contribution in [0.3, 0.4) is 0 Å². The van der Waals surface area contributed by atoms with Crippen LogP contribution in [-0.2, 0) is 0 Å². The summed E-state index contributed by atoms with van der Waals surface area (Å²) in [7, 11) is 1.84. The number of nitrogens with one attached hydrogen (secondary N) is 1. The molecule has 1 N–H and O–H groups in total. The Hall–Kier alpha value is -1.83. The lowest BCUT2D eigenvalue weighted by atomic mass is 10.00. The van der Waals surface area contributed by atoms with E-state index in [1.54, 1.807) is 6.33 Å². The van der Waals surface area contributed by atoms with Crippen LogP contribution in [0.4, 0.5) is 11.6 Å². The number of aromatic nitrogens is 2. The molecule has 0 radical (unpaired) electrons. The Bertz CT molecular complexity index is 412. The van der Waals surface area contributed by atoms with Gasteiger partial charge >= 0.3 is 0 Å². The monoisotopic (exact) mass is 231 g/mol. The fourth-order valence-corrected chi connectivity index (χ4v) is 2.26. The quantitative estimate of drug-likeness (QED) is 0.859. The van der Waals surface area contributed by atoms with Gasteiger partial charge in [0, 0.05) is 25.7 Å². The van der Waals surface area contributed by atoms with Crippen LogP contribution in [-0.4, -0.2) is 29.6 Å². The van der Waals surface area contributed by atoms with Crippen LogP contribution < -0.4 is 10.2 Å². The van der Waals surface area contributed by atoms with Gasteiger partial charge in [-0.1, -0.05) is 0 Å². The Balaban J connectivity index is 2.20. The second kappa shape index (κ2) is 5.48.